The molecule has 0 bridgehead atoms. The van der Waals surface area contributed by atoms with Crippen LogP contribution in [0.1, 0.15) is 12.5 Å². The van der Waals surface area contributed by atoms with E-state index in [-0.39, 0.29) is 25.6 Å². The van der Waals surface area contributed by atoms with Gasteiger partial charge in [-0.2, -0.15) is 0 Å². The summed E-state index contributed by atoms with van der Waals surface area (Å²) in [5, 5.41) is 23.3. The van der Waals surface area contributed by atoms with Gasteiger partial charge in [0.25, 0.3) is 0 Å². The third-order valence-corrected chi connectivity index (χ3v) is 5.00. The zero-order valence-corrected chi connectivity index (χ0v) is 16.1. The molecule has 0 fully saturated rings. The number of nitrogens with one attached hydrogen (secondary N) is 1. The highest BCUT2D eigenvalue weighted by Crippen LogP contribution is 2.28. The molecular weight excluding hydrogens is 364 g/mol. The van der Waals surface area contributed by atoms with Gasteiger partial charge in [0.1, 0.15) is 5.52 Å². The van der Waals surface area contributed by atoms with Crippen molar-refractivity contribution in [2.75, 3.05) is 13.2 Å². The highest BCUT2D eigenvalue weighted by Gasteiger charge is 2.22. The zero-order valence-electron chi connectivity index (χ0n) is 15.3. The van der Waals surface area contributed by atoms with Crippen LogP contribution in [-0.2, 0) is 13.6 Å². The van der Waals surface area contributed by atoms with Gasteiger partial charge in [-0.3, -0.25) is 0 Å². The van der Waals surface area contributed by atoms with E-state index in [2.05, 4.69) is 22.0 Å². The molecule has 0 amide bonds. The average molecular weight is 387 g/mol. The lowest BCUT2D eigenvalue weighted by molar-refractivity contribution is 0.103. The first-order valence-electron chi connectivity index (χ1n) is 8.66. The molecule has 27 heavy (non-hydrogen) atoms. The third-order valence-electron chi connectivity index (χ3n) is 5.00. The number of benzene rings is 2. The molecule has 0 saturated carbocycles. The van der Waals surface area contributed by atoms with E-state index in [4.69, 9.17) is 9.97 Å². The molecule has 0 aliphatic heterocycles. The summed E-state index contributed by atoms with van der Waals surface area (Å²) < 4.78 is 2.07. The van der Waals surface area contributed by atoms with Crippen molar-refractivity contribution in [3.63, 3.8) is 0 Å². The number of aliphatic hydroxyl groups is 2. The predicted molar refractivity (Wildman–Crippen MR) is 110 cm³/mol. The number of hydrogen-bond acceptors (Lipinski definition) is 5. The lowest BCUT2D eigenvalue weighted by atomic mass is 10.0. The molecule has 0 aliphatic carbocycles. The Hall–Kier alpha value is -2.25. The van der Waals surface area contributed by atoms with E-state index in [1.165, 1.54) is 0 Å². The van der Waals surface area contributed by atoms with E-state index in [1.54, 1.807) is 6.92 Å². The van der Waals surface area contributed by atoms with E-state index in [9.17, 15) is 10.2 Å². The summed E-state index contributed by atoms with van der Waals surface area (Å²) in [5.74, 6) is 0. The minimum Gasteiger partial charge on any atom is -0.394 e. The molecule has 3 N–H and O–H groups in total. The van der Waals surface area contributed by atoms with Crippen LogP contribution in [0.25, 0.3) is 33.1 Å². The maximum atomic E-state index is 9.49. The molecule has 0 radical (unpaired) electrons. The fourth-order valence-electron chi connectivity index (χ4n) is 3.23. The van der Waals surface area contributed by atoms with Crippen molar-refractivity contribution in [1.82, 2.24) is 19.9 Å². The highest BCUT2D eigenvalue weighted by atomic mass is 35.5. The fraction of sp³-hybridized carbons (Fsp3) is 0.300. The second-order valence-electron chi connectivity index (χ2n) is 6.99. The standard InChI is InChI=1S/C20H22N4O2.ClH/c1-20(11-25,12-26)21-10-13-6-5-8-15-17(13)23-18-14-7-3-4-9-16(14)24(2)19(18)22-15;/h3-9,21,25-26H,10-12H2,1-2H3;1H. The smallest absolute Gasteiger partial charge is 0.160 e. The summed E-state index contributed by atoms with van der Waals surface area (Å²) in [6.07, 6.45) is 0. The molecule has 0 spiro atoms. The first-order chi connectivity index (χ1) is 12.6. The second-order valence-corrected chi connectivity index (χ2v) is 6.99. The Morgan fingerprint density at radius 1 is 1.00 bits per heavy atom. The van der Waals surface area contributed by atoms with Crippen molar-refractivity contribution in [2.24, 2.45) is 7.05 Å². The van der Waals surface area contributed by atoms with Crippen molar-refractivity contribution in [3.8, 4) is 0 Å². The quantitative estimate of drug-likeness (QED) is 0.491. The first kappa shape index (κ1) is 19.5. The minimum atomic E-state index is -0.737. The summed E-state index contributed by atoms with van der Waals surface area (Å²) in [6.45, 7) is 1.98. The number of hydrogen-bond donors (Lipinski definition) is 3. The molecule has 7 heteroatoms. The number of halogens is 1. The van der Waals surface area contributed by atoms with E-state index in [0.29, 0.717) is 6.54 Å². The minimum absolute atomic E-state index is 0. The largest absolute Gasteiger partial charge is 0.394 e. The summed E-state index contributed by atoms with van der Waals surface area (Å²) in [5.41, 5.74) is 4.76. The van der Waals surface area contributed by atoms with Crippen molar-refractivity contribution < 1.29 is 10.2 Å². The summed E-state index contributed by atoms with van der Waals surface area (Å²) in [4.78, 5) is 9.76. The van der Waals surface area contributed by atoms with E-state index >= 15 is 0 Å². The van der Waals surface area contributed by atoms with E-state index < -0.39 is 5.54 Å². The maximum Gasteiger partial charge on any atom is 0.160 e. The Morgan fingerprint density at radius 2 is 1.74 bits per heavy atom. The first-order valence-corrected chi connectivity index (χ1v) is 8.66. The third kappa shape index (κ3) is 3.26. The lowest BCUT2D eigenvalue weighted by Gasteiger charge is -2.26. The Morgan fingerprint density at radius 3 is 2.48 bits per heavy atom. The van der Waals surface area contributed by atoms with Gasteiger partial charge in [-0.1, -0.05) is 30.3 Å². The summed E-state index contributed by atoms with van der Waals surface area (Å²) in [6, 6.07) is 14.1. The summed E-state index contributed by atoms with van der Waals surface area (Å²) in [7, 11) is 2.00. The fourth-order valence-corrected chi connectivity index (χ4v) is 3.23. The molecule has 6 nitrogen and oxygen atoms in total. The van der Waals surface area contributed by atoms with Crippen LogP contribution >= 0.6 is 12.4 Å². The molecular formula is C20H23ClN4O2. The zero-order chi connectivity index (χ0) is 18.3. The van der Waals surface area contributed by atoms with E-state index in [1.807, 2.05) is 37.4 Å². The predicted octanol–water partition coefficient (Wildman–Crippen LogP) is 2.53. The van der Waals surface area contributed by atoms with Crippen molar-refractivity contribution in [3.05, 3.63) is 48.0 Å². The second kappa shape index (κ2) is 7.40. The van der Waals surface area contributed by atoms with Crippen molar-refractivity contribution in [1.29, 1.82) is 0 Å². The number of nitrogens with zero attached hydrogens (tertiary/aromatic N) is 3. The molecule has 2 heterocycles. The van der Waals surface area contributed by atoms with E-state index in [0.717, 1.165) is 38.7 Å². The maximum absolute atomic E-state index is 9.49. The molecule has 4 rings (SSSR count). The van der Waals surface area contributed by atoms with Gasteiger partial charge in [0.05, 0.1) is 35.3 Å². The van der Waals surface area contributed by atoms with Gasteiger partial charge in [-0.15, -0.1) is 12.4 Å². The van der Waals surface area contributed by atoms with Crippen LogP contribution < -0.4 is 5.32 Å². The summed E-state index contributed by atoms with van der Waals surface area (Å²) >= 11 is 0. The number of rotatable bonds is 5. The van der Waals surface area contributed by atoms with Crippen LogP contribution in [0, 0.1) is 0 Å². The van der Waals surface area contributed by atoms with Crippen LogP contribution in [0.15, 0.2) is 42.5 Å². The van der Waals surface area contributed by atoms with Crippen LogP contribution in [0.3, 0.4) is 0 Å². The number of para-hydroxylation sites is 2. The molecule has 0 atom stereocenters. The number of aryl methyl sites for hydroxylation is 1. The Bertz CT molecular complexity index is 1110. The molecule has 0 aliphatic rings. The molecule has 0 saturated heterocycles. The number of fused-ring (bicyclic) bond motifs is 4. The van der Waals surface area contributed by atoms with Gasteiger partial charge < -0.3 is 20.1 Å². The van der Waals surface area contributed by atoms with Gasteiger partial charge >= 0.3 is 0 Å². The average Bonchev–Trinajstić information content (AvgIpc) is 2.96. The van der Waals surface area contributed by atoms with Crippen LogP contribution in [0.5, 0.6) is 0 Å². The van der Waals surface area contributed by atoms with Gasteiger partial charge in [-0.25, -0.2) is 9.97 Å². The normalized spacial score (nSPS) is 12.0. The number of aromatic nitrogens is 3. The molecule has 0 unspecified atom stereocenters. The highest BCUT2D eigenvalue weighted by molar-refractivity contribution is 6.06. The van der Waals surface area contributed by atoms with Gasteiger partial charge in [0.15, 0.2) is 5.65 Å². The molecule has 2 aromatic heterocycles. The van der Waals surface area contributed by atoms with Gasteiger partial charge in [0.2, 0.25) is 0 Å². The van der Waals surface area contributed by atoms with Crippen LogP contribution in [0.4, 0.5) is 0 Å². The lowest BCUT2D eigenvalue weighted by Crippen LogP contribution is -2.48. The van der Waals surface area contributed by atoms with Crippen LogP contribution in [0.2, 0.25) is 0 Å². The molecule has 2 aromatic carbocycles. The van der Waals surface area contributed by atoms with Gasteiger partial charge in [-0.05, 0) is 24.6 Å². The van der Waals surface area contributed by atoms with Gasteiger partial charge in [0, 0.05) is 19.0 Å². The monoisotopic (exact) mass is 386 g/mol. The SMILES string of the molecule is Cl.Cn1c2ccccc2c2nc3c(CNC(C)(CO)CO)cccc3nc21. The number of aliphatic hydroxyl groups excluding tert-OH is 2. The molecule has 142 valence electrons. The molecule has 4 aromatic rings. The van der Waals surface area contributed by atoms with Crippen LogP contribution in [-0.4, -0.2) is 43.5 Å². The Balaban J connectivity index is 0.00000210. The Kier molecular flexibility index (Phi) is 5.35. The topological polar surface area (TPSA) is 83.2 Å². The van der Waals surface area contributed by atoms with Crippen molar-refractivity contribution in [2.45, 2.75) is 19.0 Å². The van der Waals surface area contributed by atoms with Crippen molar-refractivity contribution >= 4 is 45.5 Å². The Labute approximate surface area is 163 Å².